The van der Waals surface area contributed by atoms with Crippen LogP contribution in [0.1, 0.15) is 46.9 Å². The Labute approximate surface area is 178 Å². The molecule has 0 atom stereocenters. The van der Waals surface area contributed by atoms with Crippen LogP contribution in [0.3, 0.4) is 0 Å². The summed E-state index contributed by atoms with van der Waals surface area (Å²) in [6.07, 6.45) is 1.75. The van der Waals surface area contributed by atoms with Crippen LogP contribution in [0.25, 0.3) is 0 Å². The number of rotatable bonds is 6. The second kappa shape index (κ2) is 9.22. The number of amides is 1. The molecule has 1 fully saturated rings. The van der Waals surface area contributed by atoms with Crippen molar-refractivity contribution in [1.29, 1.82) is 0 Å². The Balaban J connectivity index is 1.29. The average molecular weight is 404 g/mol. The van der Waals surface area contributed by atoms with Gasteiger partial charge in [-0.1, -0.05) is 73.7 Å². The van der Waals surface area contributed by atoms with Crippen molar-refractivity contribution in [2.45, 2.75) is 32.9 Å². The molecule has 3 aromatic rings. The molecule has 0 radical (unpaired) electrons. The first-order valence-electron chi connectivity index (χ1n) is 10.6. The van der Waals surface area contributed by atoms with Crippen molar-refractivity contribution in [1.82, 2.24) is 24.8 Å². The molecule has 0 spiro atoms. The van der Waals surface area contributed by atoms with Gasteiger partial charge in [-0.25, -0.2) is 4.68 Å². The van der Waals surface area contributed by atoms with Gasteiger partial charge < -0.3 is 4.90 Å². The highest BCUT2D eigenvalue weighted by molar-refractivity contribution is 5.92. The first-order chi connectivity index (χ1) is 14.6. The summed E-state index contributed by atoms with van der Waals surface area (Å²) in [5.74, 6) is 0.523. The lowest BCUT2D eigenvalue weighted by Crippen LogP contribution is -2.48. The van der Waals surface area contributed by atoms with E-state index in [1.54, 1.807) is 10.9 Å². The summed E-state index contributed by atoms with van der Waals surface area (Å²) in [6, 6.07) is 18.9. The van der Waals surface area contributed by atoms with E-state index in [0.717, 1.165) is 25.2 Å². The van der Waals surface area contributed by atoms with E-state index in [0.29, 0.717) is 31.2 Å². The summed E-state index contributed by atoms with van der Waals surface area (Å²) in [5, 5.41) is 8.23. The van der Waals surface area contributed by atoms with Crippen molar-refractivity contribution in [3.8, 4) is 0 Å². The maximum atomic E-state index is 12.8. The third-order valence-electron chi connectivity index (χ3n) is 5.66. The van der Waals surface area contributed by atoms with Gasteiger partial charge in [0.1, 0.15) is 0 Å². The lowest BCUT2D eigenvalue weighted by Gasteiger charge is -2.34. The number of hydrogen-bond donors (Lipinski definition) is 0. The zero-order valence-corrected chi connectivity index (χ0v) is 17.7. The van der Waals surface area contributed by atoms with Gasteiger partial charge in [0.25, 0.3) is 5.91 Å². The average Bonchev–Trinajstić information content (AvgIpc) is 3.23. The van der Waals surface area contributed by atoms with E-state index >= 15 is 0 Å². The minimum absolute atomic E-state index is 0.0322. The molecule has 2 aromatic carbocycles. The molecule has 0 aliphatic carbocycles. The van der Waals surface area contributed by atoms with Crippen molar-refractivity contribution in [2.75, 3.05) is 26.2 Å². The fourth-order valence-corrected chi connectivity index (χ4v) is 3.78. The summed E-state index contributed by atoms with van der Waals surface area (Å²) in [5.41, 5.74) is 4.25. The maximum absolute atomic E-state index is 12.8. The second-order valence-electron chi connectivity index (χ2n) is 8.25. The van der Waals surface area contributed by atoms with Crippen LogP contribution in [-0.4, -0.2) is 56.9 Å². The zero-order chi connectivity index (χ0) is 20.9. The fraction of sp³-hybridized carbons (Fsp3) is 0.375. The number of piperazine rings is 1. The Bertz CT molecular complexity index is 957. The van der Waals surface area contributed by atoms with E-state index in [-0.39, 0.29) is 5.91 Å². The molecule has 1 aliphatic rings. The van der Waals surface area contributed by atoms with E-state index < -0.39 is 0 Å². The molecule has 30 heavy (non-hydrogen) atoms. The van der Waals surface area contributed by atoms with Crippen molar-refractivity contribution < 1.29 is 4.79 Å². The lowest BCUT2D eigenvalue weighted by molar-refractivity contribution is 0.0622. The molecule has 1 saturated heterocycles. The first kappa shape index (κ1) is 20.3. The second-order valence-corrected chi connectivity index (χ2v) is 8.25. The van der Waals surface area contributed by atoms with Gasteiger partial charge in [0.2, 0.25) is 0 Å². The highest BCUT2D eigenvalue weighted by Gasteiger charge is 2.24. The number of carbonyl (C=O) groups is 1. The number of benzene rings is 2. The van der Waals surface area contributed by atoms with Gasteiger partial charge in [0.15, 0.2) is 5.69 Å². The molecule has 1 aliphatic heterocycles. The molecule has 156 valence electrons. The van der Waals surface area contributed by atoms with Crippen LogP contribution in [0.2, 0.25) is 0 Å². The van der Waals surface area contributed by atoms with Crippen LogP contribution >= 0.6 is 0 Å². The van der Waals surface area contributed by atoms with E-state index in [9.17, 15) is 4.79 Å². The van der Waals surface area contributed by atoms with Gasteiger partial charge >= 0.3 is 0 Å². The van der Waals surface area contributed by atoms with Crippen LogP contribution in [0.5, 0.6) is 0 Å². The molecule has 4 rings (SSSR count). The van der Waals surface area contributed by atoms with Crippen molar-refractivity contribution in [3.05, 3.63) is 83.2 Å². The minimum atomic E-state index is -0.0322. The molecule has 0 bridgehead atoms. The summed E-state index contributed by atoms with van der Waals surface area (Å²) >= 11 is 0. The normalized spacial score (nSPS) is 15.0. The van der Waals surface area contributed by atoms with Crippen molar-refractivity contribution in [2.24, 2.45) is 0 Å². The topological polar surface area (TPSA) is 54.3 Å². The SMILES string of the molecule is CC(C)c1ccc(CN2CCN(C(=O)c3cn(Cc4ccccc4)nn3)CC2)cc1. The quantitative estimate of drug-likeness (QED) is 0.633. The minimum Gasteiger partial charge on any atom is -0.335 e. The smallest absolute Gasteiger partial charge is 0.276 e. The van der Waals surface area contributed by atoms with E-state index in [4.69, 9.17) is 0 Å². The Morgan fingerprint density at radius 1 is 0.900 bits per heavy atom. The van der Waals surface area contributed by atoms with Crippen LogP contribution in [-0.2, 0) is 13.1 Å². The molecule has 6 nitrogen and oxygen atoms in total. The number of carbonyl (C=O) groups excluding carboxylic acids is 1. The van der Waals surface area contributed by atoms with Crippen molar-refractivity contribution in [3.63, 3.8) is 0 Å². The zero-order valence-electron chi connectivity index (χ0n) is 17.7. The van der Waals surface area contributed by atoms with Crippen LogP contribution in [0.4, 0.5) is 0 Å². The summed E-state index contributed by atoms with van der Waals surface area (Å²) in [6.45, 7) is 9.14. The Morgan fingerprint density at radius 2 is 1.57 bits per heavy atom. The van der Waals surface area contributed by atoms with Crippen LogP contribution < -0.4 is 0 Å². The summed E-state index contributed by atoms with van der Waals surface area (Å²) < 4.78 is 1.72. The number of nitrogens with zero attached hydrogens (tertiary/aromatic N) is 5. The monoisotopic (exact) mass is 403 g/mol. The fourth-order valence-electron chi connectivity index (χ4n) is 3.78. The van der Waals surface area contributed by atoms with Gasteiger partial charge in [-0.2, -0.15) is 0 Å². The van der Waals surface area contributed by atoms with E-state index in [2.05, 4.69) is 53.3 Å². The number of aromatic nitrogens is 3. The van der Waals surface area contributed by atoms with Gasteiger partial charge in [-0.15, -0.1) is 5.10 Å². The molecular formula is C24H29N5O. The largest absolute Gasteiger partial charge is 0.335 e. The summed E-state index contributed by atoms with van der Waals surface area (Å²) in [7, 11) is 0. The summed E-state index contributed by atoms with van der Waals surface area (Å²) in [4.78, 5) is 17.1. The molecule has 1 aromatic heterocycles. The molecular weight excluding hydrogens is 374 g/mol. The Morgan fingerprint density at radius 3 is 2.23 bits per heavy atom. The Hall–Kier alpha value is -2.99. The first-order valence-corrected chi connectivity index (χ1v) is 10.6. The van der Waals surface area contributed by atoms with Gasteiger partial charge in [0, 0.05) is 32.7 Å². The Kier molecular flexibility index (Phi) is 6.23. The predicted octanol–water partition coefficient (Wildman–Crippen LogP) is 3.41. The molecule has 0 N–H and O–H groups in total. The lowest BCUT2D eigenvalue weighted by atomic mass is 10.0. The highest BCUT2D eigenvalue weighted by atomic mass is 16.2. The third-order valence-corrected chi connectivity index (χ3v) is 5.66. The van der Waals surface area contributed by atoms with Crippen LogP contribution in [0.15, 0.2) is 60.8 Å². The predicted molar refractivity (Wildman–Crippen MR) is 117 cm³/mol. The highest BCUT2D eigenvalue weighted by Crippen LogP contribution is 2.16. The molecule has 6 heteroatoms. The third kappa shape index (κ3) is 4.94. The molecule has 0 saturated carbocycles. The molecule has 1 amide bonds. The van der Waals surface area contributed by atoms with Crippen molar-refractivity contribution >= 4 is 5.91 Å². The molecule has 0 unspecified atom stereocenters. The maximum Gasteiger partial charge on any atom is 0.276 e. The van der Waals surface area contributed by atoms with Crippen LogP contribution in [0, 0.1) is 0 Å². The van der Waals surface area contributed by atoms with E-state index in [1.807, 2.05) is 35.2 Å². The standard InChI is InChI=1S/C24H29N5O/c1-19(2)22-10-8-21(9-11-22)16-27-12-14-28(15-13-27)24(30)23-18-29(26-25-23)17-20-6-4-3-5-7-20/h3-11,18-19H,12-17H2,1-2H3. The van der Waals surface area contributed by atoms with Gasteiger partial charge in [-0.05, 0) is 22.6 Å². The number of hydrogen-bond acceptors (Lipinski definition) is 4. The van der Waals surface area contributed by atoms with Gasteiger partial charge in [-0.3, -0.25) is 9.69 Å². The molecule has 2 heterocycles. The van der Waals surface area contributed by atoms with E-state index in [1.165, 1.54) is 11.1 Å². The van der Waals surface area contributed by atoms with Gasteiger partial charge in [0.05, 0.1) is 12.7 Å².